The Balaban J connectivity index is 1.82. The van der Waals surface area contributed by atoms with E-state index >= 15 is 0 Å². The summed E-state index contributed by atoms with van der Waals surface area (Å²) in [4.78, 5) is 0. The predicted molar refractivity (Wildman–Crippen MR) is 83.5 cm³/mol. The average Bonchev–Trinajstić information content (AvgIpc) is 2.77. The van der Waals surface area contributed by atoms with Gasteiger partial charge in [-0.05, 0) is 73.3 Å². The molecule has 2 N–H and O–H groups in total. The lowest BCUT2D eigenvalue weighted by Crippen LogP contribution is -2.40. The van der Waals surface area contributed by atoms with E-state index in [0.29, 0.717) is 29.5 Å². The van der Waals surface area contributed by atoms with Gasteiger partial charge in [0.25, 0.3) is 0 Å². The van der Waals surface area contributed by atoms with Crippen LogP contribution in [0.25, 0.3) is 0 Å². The molecule has 4 atom stereocenters. The maximum Gasteiger partial charge on any atom is 0.160 e. The molecule has 2 nitrogen and oxygen atoms in total. The summed E-state index contributed by atoms with van der Waals surface area (Å²) in [5.41, 5.74) is 1.81. The van der Waals surface area contributed by atoms with Gasteiger partial charge in [-0.3, -0.25) is 0 Å². The van der Waals surface area contributed by atoms with Gasteiger partial charge in [-0.2, -0.15) is 0 Å². The first-order valence-corrected chi connectivity index (χ1v) is 7.83. The van der Waals surface area contributed by atoms with E-state index in [9.17, 15) is 10.2 Å². The van der Waals surface area contributed by atoms with E-state index in [1.165, 1.54) is 0 Å². The lowest BCUT2D eigenvalue weighted by Gasteiger charge is -2.49. The molecule has 0 bridgehead atoms. The second kappa shape index (κ2) is 4.28. The average molecular weight is 288 g/mol. The van der Waals surface area contributed by atoms with E-state index in [-0.39, 0.29) is 41.0 Å². The molecular formula is C19H24O2. The zero-order valence-electron chi connectivity index (χ0n) is 16.4. The zero-order chi connectivity index (χ0) is 18.3. The van der Waals surface area contributed by atoms with Crippen molar-refractivity contribution in [2.45, 2.75) is 51.3 Å². The molecule has 1 aromatic rings. The summed E-state index contributed by atoms with van der Waals surface area (Å²) in [6.45, 7) is 6.21. The predicted octanol–water partition coefficient (Wildman–Crippen LogP) is 4.51. The van der Waals surface area contributed by atoms with Crippen LogP contribution in [0.5, 0.6) is 11.5 Å². The van der Waals surface area contributed by atoms with Crippen molar-refractivity contribution in [1.29, 1.82) is 0 Å². The standard InChI is InChI=1S/C19H24O2/c1-11-3-7-16-14-4-5-15-12(6-8-17(20)18(15)21)13(14)9-10-19(11,16)2/h6,8,13-14,16,20-21H,1,3-5,7,9-10H2,2H3/i3D2,6D,8D. The van der Waals surface area contributed by atoms with Crippen LogP contribution in [0.15, 0.2) is 24.2 Å². The van der Waals surface area contributed by atoms with Gasteiger partial charge in [0.15, 0.2) is 11.5 Å². The Bertz CT molecular complexity index is 788. The van der Waals surface area contributed by atoms with Crippen molar-refractivity contribution in [2.75, 3.05) is 0 Å². The summed E-state index contributed by atoms with van der Waals surface area (Å²) >= 11 is 0. The van der Waals surface area contributed by atoms with Crippen molar-refractivity contribution >= 4 is 0 Å². The molecule has 2 fully saturated rings. The molecule has 0 spiro atoms. The van der Waals surface area contributed by atoms with Crippen LogP contribution in [0.3, 0.4) is 0 Å². The molecule has 0 heterocycles. The molecule has 1 aromatic carbocycles. The highest BCUT2D eigenvalue weighted by Gasteiger charge is 2.52. The first-order chi connectivity index (χ1) is 11.6. The zero-order valence-corrected chi connectivity index (χ0v) is 12.4. The van der Waals surface area contributed by atoms with Gasteiger partial charge >= 0.3 is 0 Å². The largest absolute Gasteiger partial charge is 0.504 e. The molecule has 0 radical (unpaired) electrons. The Hall–Kier alpha value is -1.44. The van der Waals surface area contributed by atoms with E-state index in [2.05, 4.69) is 13.5 Å². The molecule has 0 amide bonds. The Labute approximate surface area is 132 Å². The van der Waals surface area contributed by atoms with Gasteiger partial charge in [0.2, 0.25) is 0 Å². The van der Waals surface area contributed by atoms with Crippen molar-refractivity contribution < 1.29 is 15.7 Å². The monoisotopic (exact) mass is 288 g/mol. The molecule has 0 aliphatic heterocycles. The van der Waals surface area contributed by atoms with E-state index < -0.39 is 12.1 Å². The van der Waals surface area contributed by atoms with Crippen molar-refractivity contribution in [2.24, 2.45) is 17.3 Å². The molecule has 4 unspecified atom stereocenters. The van der Waals surface area contributed by atoms with Crippen molar-refractivity contribution in [3.05, 3.63) is 35.4 Å². The number of phenolic OH excluding ortho intramolecular Hbond substituents is 2. The van der Waals surface area contributed by atoms with Crippen LogP contribution in [0.2, 0.25) is 0 Å². The Morgan fingerprint density at radius 3 is 2.95 bits per heavy atom. The minimum Gasteiger partial charge on any atom is -0.504 e. The van der Waals surface area contributed by atoms with Crippen LogP contribution >= 0.6 is 0 Å². The summed E-state index contributed by atoms with van der Waals surface area (Å²) in [6.07, 6.45) is 2.09. The Kier molecular flexibility index (Phi) is 1.95. The van der Waals surface area contributed by atoms with E-state index in [1.807, 2.05) is 0 Å². The third kappa shape index (κ3) is 1.65. The first kappa shape index (κ1) is 9.55. The van der Waals surface area contributed by atoms with Gasteiger partial charge < -0.3 is 10.2 Å². The topological polar surface area (TPSA) is 40.5 Å². The number of benzene rings is 1. The minimum absolute atomic E-state index is 0.0171. The van der Waals surface area contributed by atoms with Crippen molar-refractivity contribution in [1.82, 2.24) is 0 Å². The maximum atomic E-state index is 10.3. The first-order valence-electron chi connectivity index (χ1n) is 9.83. The van der Waals surface area contributed by atoms with Crippen molar-refractivity contribution in [3.63, 3.8) is 0 Å². The summed E-state index contributed by atoms with van der Waals surface area (Å²) in [6, 6.07) is -0.292. The summed E-state index contributed by atoms with van der Waals surface area (Å²) in [7, 11) is 0. The van der Waals surface area contributed by atoms with Gasteiger partial charge in [0.1, 0.15) is 0 Å². The molecule has 0 aromatic heterocycles. The molecule has 21 heavy (non-hydrogen) atoms. The molecule has 0 saturated heterocycles. The Morgan fingerprint density at radius 1 is 1.33 bits per heavy atom. The van der Waals surface area contributed by atoms with Crippen LogP contribution in [0.4, 0.5) is 0 Å². The smallest absolute Gasteiger partial charge is 0.160 e. The van der Waals surface area contributed by atoms with E-state index in [0.717, 1.165) is 19.3 Å². The van der Waals surface area contributed by atoms with E-state index in [1.54, 1.807) is 0 Å². The van der Waals surface area contributed by atoms with Gasteiger partial charge in [0.05, 0.1) is 2.74 Å². The molecule has 3 aliphatic carbocycles. The molecule has 112 valence electrons. The van der Waals surface area contributed by atoms with Gasteiger partial charge in [-0.25, -0.2) is 0 Å². The van der Waals surface area contributed by atoms with Crippen LogP contribution in [0, 0.1) is 17.3 Å². The molecule has 2 heteroatoms. The quantitative estimate of drug-likeness (QED) is 0.544. The molecule has 4 rings (SSSR count). The lowest BCUT2D eigenvalue weighted by molar-refractivity contribution is 0.0812. The van der Waals surface area contributed by atoms with Crippen molar-refractivity contribution in [3.8, 4) is 11.5 Å². The van der Waals surface area contributed by atoms with Crippen LogP contribution in [-0.4, -0.2) is 10.2 Å². The third-order valence-electron chi connectivity index (χ3n) is 6.30. The van der Waals surface area contributed by atoms with Gasteiger partial charge in [0, 0.05) is 8.30 Å². The second-order valence-electron chi connectivity index (χ2n) is 7.07. The highest BCUT2D eigenvalue weighted by Crippen LogP contribution is 2.63. The number of fused-ring (bicyclic) bond motifs is 5. The number of aromatic hydroxyl groups is 2. The summed E-state index contributed by atoms with van der Waals surface area (Å²) < 4.78 is 32.9. The lowest BCUT2D eigenvalue weighted by atomic mass is 9.55. The van der Waals surface area contributed by atoms with Gasteiger partial charge in [-0.15, -0.1) is 0 Å². The summed E-state index contributed by atoms with van der Waals surface area (Å²) in [5, 5.41) is 20.2. The number of hydrogen-bond acceptors (Lipinski definition) is 2. The Morgan fingerprint density at radius 2 is 2.14 bits per heavy atom. The van der Waals surface area contributed by atoms with Crippen LogP contribution in [0.1, 0.15) is 61.5 Å². The number of hydrogen-bond donors (Lipinski definition) is 2. The molecule has 2 saturated carbocycles. The fourth-order valence-electron chi connectivity index (χ4n) is 4.97. The SMILES string of the molecule is [2H]c1c([2H])c2c(c(O)c1O)CCC1C2CCC2(C)C(=C)C([2H])([2H])CC12. The normalized spacial score (nSPS) is 42.9. The number of allylic oxidation sites excluding steroid dienone is 1. The number of rotatable bonds is 0. The second-order valence-corrected chi connectivity index (χ2v) is 7.07. The highest BCUT2D eigenvalue weighted by atomic mass is 16.3. The van der Waals surface area contributed by atoms with E-state index in [4.69, 9.17) is 5.48 Å². The molecular weight excluding hydrogens is 260 g/mol. The summed E-state index contributed by atoms with van der Waals surface area (Å²) in [5.74, 6) is -0.284. The molecule has 3 aliphatic rings. The maximum absolute atomic E-state index is 10.3. The minimum atomic E-state index is -1.35. The third-order valence-corrected chi connectivity index (χ3v) is 6.30. The fourth-order valence-corrected chi connectivity index (χ4v) is 4.97. The van der Waals surface area contributed by atoms with Gasteiger partial charge in [-0.1, -0.05) is 25.1 Å². The highest BCUT2D eigenvalue weighted by molar-refractivity contribution is 5.51. The van der Waals surface area contributed by atoms with Crippen LogP contribution in [-0.2, 0) is 6.42 Å². The fraction of sp³-hybridized carbons (Fsp3) is 0.579. The van der Waals surface area contributed by atoms with Crippen LogP contribution < -0.4 is 0 Å². The number of phenols is 2.